The molecule has 0 radical (unpaired) electrons. The summed E-state index contributed by atoms with van der Waals surface area (Å²) >= 11 is 0. The fourth-order valence-corrected chi connectivity index (χ4v) is 2.71. The van der Waals surface area contributed by atoms with Gasteiger partial charge in [0.2, 0.25) is 0 Å². The molecule has 1 unspecified atom stereocenters. The highest BCUT2D eigenvalue weighted by atomic mass is 16.5. The number of allylic oxidation sites excluding steroid dienone is 2. The summed E-state index contributed by atoms with van der Waals surface area (Å²) in [7, 11) is 0. The van der Waals surface area contributed by atoms with Crippen LogP contribution in [0.1, 0.15) is 97.3 Å². The molecule has 2 nitrogen and oxygen atoms in total. The van der Waals surface area contributed by atoms with Gasteiger partial charge in [0.15, 0.2) is 0 Å². The summed E-state index contributed by atoms with van der Waals surface area (Å²) in [5.74, 6) is 0. The van der Waals surface area contributed by atoms with Gasteiger partial charge < -0.3 is 9.84 Å². The minimum absolute atomic E-state index is 0.137. The van der Waals surface area contributed by atoms with Gasteiger partial charge in [-0.3, -0.25) is 0 Å². The standard InChI is InChI=1S/C20H40O2/c1-3-5-7-8-9-10-11-12-13-15-17-20(22-19-18-21)16-14-6-4-2/h12-13,20-21H,3-11,14-19H2,1-2H3/b13-12-. The van der Waals surface area contributed by atoms with Crippen molar-refractivity contribution >= 4 is 0 Å². The Morgan fingerprint density at radius 3 is 2.14 bits per heavy atom. The van der Waals surface area contributed by atoms with E-state index in [2.05, 4.69) is 26.0 Å². The Labute approximate surface area is 139 Å². The molecular weight excluding hydrogens is 272 g/mol. The molecule has 0 aliphatic carbocycles. The molecule has 0 aliphatic rings. The van der Waals surface area contributed by atoms with Gasteiger partial charge in [-0.15, -0.1) is 0 Å². The Hall–Kier alpha value is -0.340. The van der Waals surface area contributed by atoms with Crippen LogP contribution in [0.15, 0.2) is 12.2 Å². The van der Waals surface area contributed by atoms with Crippen molar-refractivity contribution in [2.45, 2.75) is 103 Å². The van der Waals surface area contributed by atoms with Gasteiger partial charge in [-0.1, -0.05) is 77.4 Å². The van der Waals surface area contributed by atoms with E-state index >= 15 is 0 Å². The number of ether oxygens (including phenoxy) is 1. The normalized spacial score (nSPS) is 13.0. The molecule has 0 amide bonds. The van der Waals surface area contributed by atoms with Crippen LogP contribution in [0.2, 0.25) is 0 Å². The highest BCUT2D eigenvalue weighted by Crippen LogP contribution is 2.13. The van der Waals surface area contributed by atoms with Crippen molar-refractivity contribution in [1.82, 2.24) is 0 Å². The first kappa shape index (κ1) is 21.7. The highest BCUT2D eigenvalue weighted by Gasteiger charge is 2.07. The van der Waals surface area contributed by atoms with Crippen molar-refractivity contribution < 1.29 is 9.84 Å². The zero-order valence-corrected chi connectivity index (χ0v) is 15.2. The van der Waals surface area contributed by atoms with Crippen molar-refractivity contribution in [3.05, 3.63) is 12.2 Å². The van der Waals surface area contributed by atoms with Crippen LogP contribution in [-0.4, -0.2) is 24.4 Å². The maximum atomic E-state index is 8.89. The monoisotopic (exact) mass is 312 g/mol. The lowest BCUT2D eigenvalue weighted by molar-refractivity contribution is 0.0187. The average molecular weight is 313 g/mol. The predicted octanol–water partition coefficient (Wildman–Crippen LogP) is 6.03. The van der Waals surface area contributed by atoms with Crippen LogP contribution in [0.4, 0.5) is 0 Å². The van der Waals surface area contributed by atoms with E-state index in [1.54, 1.807) is 0 Å². The maximum absolute atomic E-state index is 8.89. The maximum Gasteiger partial charge on any atom is 0.0701 e. The molecule has 0 rings (SSSR count). The van der Waals surface area contributed by atoms with Gasteiger partial charge in [-0.05, 0) is 32.1 Å². The molecule has 2 heteroatoms. The fourth-order valence-electron chi connectivity index (χ4n) is 2.71. The van der Waals surface area contributed by atoms with Crippen molar-refractivity contribution in [3.63, 3.8) is 0 Å². The average Bonchev–Trinajstić information content (AvgIpc) is 2.53. The molecule has 22 heavy (non-hydrogen) atoms. The molecule has 0 spiro atoms. The predicted molar refractivity (Wildman–Crippen MR) is 97.3 cm³/mol. The lowest BCUT2D eigenvalue weighted by Crippen LogP contribution is -2.15. The molecule has 0 bridgehead atoms. The second-order valence-corrected chi connectivity index (χ2v) is 6.32. The Balaban J connectivity index is 3.56. The molecular formula is C20H40O2. The van der Waals surface area contributed by atoms with Gasteiger partial charge in [0, 0.05) is 0 Å². The zero-order chi connectivity index (χ0) is 16.3. The molecule has 1 N–H and O–H groups in total. The van der Waals surface area contributed by atoms with Gasteiger partial charge in [0.25, 0.3) is 0 Å². The number of unbranched alkanes of at least 4 members (excludes halogenated alkanes) is 8. The summed E-state index contributed by atoms with van der Waals surface area (Å²) in [5, 5.41) is 8.89. The lowest BCUT2D eigenvalue weighted by Gasteiger charge is -2.16. The summed E-state index contributed by atoms with van der Waals surface area (Å²) in [4.78, 5) is 0. The minimum atomic E-state index is 0.137. The molecule has 0 heterocycles. The molecule has 0 saturated carbocycles. The van der Waals surface area contributed by atoms with Crippen LogP contribution in [0.25, 0.3) is 0 Å². The summed E-state index contributed by atoms with van der Waals surface area (Å²) in [6.07, 6.45) is 21.6. The van der Waals surface area contributed by atoms with Crippen LogP contribution in [0.3, 0.4) is 0 Å². The van der Waals surface area contributed by atoms with Gasteiger partial charge in [0.05, 0.1) is 19.3 Å². The lowest BCUT2D eigenvalue weighted by atomic mass is 10.1. The van der Waals surface area contributed by atoms with Crippen LogP contribution in [-0.2, 0) is 4.74 Å². The largest absolute Gasteiger partial charge is 0.394 e. The minimum Gasteiger partial charge on any atom is -0.394 e. The second kappa shape index (κ2) is 18.7. The number of aliphatic hydroxyl groups excluding tert-OH is 1. The van der Waals surface area contributed by atoms with Crippen molar-refractivity contribution in [3.8, 4) is 0 Å². The molecule has 0 aromatic rings. The molecule has 1 atom stereocenters. The van der Waals surface area contributed by atoms with E-state index in [0.29, 0.717) is 12.7 Å². The highest BCUT2D eigenvalue weighted by molar-refractivity contribution is 4.82. The van der Waals surface area contributed by atoms with Crippen molar-refractivity contribution in [2.75, 3.05) is 13.2 Å². The number of aliphatic hydroxyl groups is 1. The summed E-state index contributed by atoms with van der Waals surface area (Å²) in [6, 6.07) is 0. The van der Waals surface area contributed by atoms with Crippen LogP contribution < -0.4 is 0 Å². The van der Waals surface area contributed by atoms with E-state index in [1.165, 1.54) is 64.2 Å². The van der Waals surface area contributed by atoms with Crippen molar-refractivity contribution in [1.29, 1.82) is 0 Å². The second-order valence-electron chi connectivity index (χ2n) is 6.32. The van der Waals surface area contributed by atoms with E-state index in [1.807, 2.05) is 0 Å². The Morgan fingerprint density at radius 1 is 0.773 bits per heavy atom. The molecule has 132 valence electrons. The first-order valence-corrected chi connectivity index (χ1v) is 9.72. The Kier molecular flexibility index (Phi) is 18.4. The van der Waals surface area contributed by atoms with Crippen LogP contribution in [0, 0.1) is 0 Å². The third-order valence-electron chi connectivity index (χ3n) is 4.12. The van der Waals surface area contributed by atoms with E-state index in [4.69, 9.17) is 9.84 Å². The van der Waals surface area contributed by atoms with Gasteiger partial charge >= 0.3 is 0 Å². The SMILES string of the molecule is CCCCCCCC/C=C\CCC(CCCCC)OCCO. The van der Waals surface area contributed by atoms with E-state index in [-0.39, 0.29) is 6.61 Å². The van der Waals surface area contributed by atoms with Gasteiger partial charge in [0.1, 0.15) is 0 Å². The Morgan fingerprint density at radius 2 is 1.41 bits per heavy atom. The number of rotatable bonds is 17. The summed E-state index contributed by atoms with van der Waals surface area (Å²) in [6.45, 7) is 5.12. The smallest absolute Gasteiger partial charge is 0.0701 e. The third kappa shape index (κ3) is 16.0. The molecule has 0 aromatic carbocycles. The van der Waals surface area contributed by atoms with E-state index < -0.39 is 0 Å². The third-order valence-corrected chi connectivity index (χ3v) is 4.12. The van der Waals surface area contributed by atoms with Gasteiger partial charge in [-0.2, -0.15) is 0 Å². The van der Waals surface area contributed by atoms with Crippen molar-refractivity contribution in [2.24, 2.45) is 0 Å². The quantitative estimate of drug-likeness (QED) is 0.262. The molecule has 0 fully saturated rings. The number of hydrogen-bond acceptors (Lipinski definition) is 2. The van der Waals surface area contributed by atoms with Crippen LogP contribution in [0.5, 0.6) is 0 Å². The molecule has 0 saturated heterocycles. The number of hydrogen-bond donors (Lipinski definition) is 1. The summed E-state index contributed by atoms with van der Waals surface area (Å²) in [5.41, 5.74) is 0. The topological polar surface area (TPSA) is 29.5 Å². The molecule has 0 aliphatic heterocycles. The van der Waals surface area contributed by atoms with Crippen LogP contribution >= 0.6 is 0 Å². The summed E-state index contributed by atoms with van der Waals surface area (Å²) < 4.78 is 5.74. The fraction of sp³-hybridized carbons (Fsp3) is 0.900. The first-order chi connectivity index (χ1) is 10.8. The van der Waals surface area contributed by atoms with E-state index in [9.17, 15) is 0 Å². The molecule has 0 aromatic heterocycles. The van der Waals surface area contributed by atoms with E-state index in [0.717, 1.165) is 19.3 Å². The Bertz CT molecular complexity index is 226. The van der Waals surface area contributed by atoms with Gasteiger partial charge in [-0.25, -0.2) is 0 Å². The first-order valence-electron chi connectivity index (χ1n) is 9.72. The zero-order valence-electron chi connectivity index (χ0n) is 15.2.